The average Bonchev–Trinajstić information content (AvgIpc) is 3.03. The molecule has 4 N–H and O–H groups in total. The van der Waals surface area contributed by atoms with Gasteiger partial charge in [-0.15, -0.1) is 0 Å². The Hall–Kier alpha value is -1.90. The topological polar surface area (TPSA) is 149 Å². The van der Waals surface area contributed by atoms with Crippen molar-refractivity contribution < 1.29 is 39.6 Å². The van der Waals surface area contributed by atoms with E-state index in [1.165, 1.54) is 6.92 Å². The maximum atomic E-state index is 14.1. The minimum Gasteiger partial charge on any atom is -0.481 e. The monoisotopic (exact) mass is 532 g/mol. The van der Waals surface area contributed by atoms with Crippen LogP contribution in [0.15, 0.2) is 11.1 Å². The van der Waals surface area contributed by atoms with Gasteiger partial charge < -0.3 is 20.4 Å². The second-order valence-corrected chi connectivity index (χ2v) is 14.0. The number of rotatable bonds is 6. The van der Waals surface area contributed by atoms with Crippen molar-refractivity contribution in [2.45, 2.75) is 105 Å². The van der Waals surface area contributed by atoms with E-state index in [0.29, 0.717) is 30.4 Å². The molecule has 4 aliphatic rings. The Labute approximate surface area is 224 Å². The van der Waals surface area contributed by atoms with Crippen LogP contribution in [-0.2, 0) is 19.2 Å². The second-order valence-electron chi connectivity index (χ2n) is 14.0. The summed E-state index contributed by atoms with van der Waals surface area (Å²) < 4.78 is 0. The lowest BCUT2D eigenvalue weighted by atomic mass is 9.42. The van der Waals surface area contributed by atoms with Crippen LogP contribution in [0.5, 0.6) is 0 Å². The van der Waals surface area contributed by atoms with Gasteiger partial charge in [0, 0.05) is 30.3 Å². The number of aliphatic hydroxyl groups is 3. The molecule has 0 unspecified atom stereocenters. The minimum absolute atomic E-state index is 0.0441. The maximum absolute atomic E-state index is 14.1. The normalized spacial score (nSPS) is 43.7. The third kappa shape index (κ3) is 3.66. The molecule has 0 spiro atoms. The Balaban J connectivity index is 1.79. The van der Waals surface area contributed by atoms with Crippen LogP contribution in [0, 0.1) is 45.3 Å². The molecule has 0 radical (unpaired) electrons. The van der Waals surface area contributed by atoms with Crippen molar-refractivity contribution in [3.05, 3.63) is 11.1 Å². The molecule has 2 fully saturated rings. The van der Waals surface area contributed by atoms with Crippen LogP contribution < -0.4 is 0 Å². The molecule has 10 atom stereocenters. The molecular formula is C30H44O8. The molecule has 0 aromatic carbocycles. The van der Waals surface area contributed by atoms with E-state index >= 15 is 0 Å². The van der Waals surface area contributed by atoms with Crippen LogP contribution in [0.25, 0.3) is 0 Å². The van der Waals surface area contributed by atoms with Gasteiger partial charge in [0.15, 0.2) is 5.78 Å². The summed E-state index contributed by atoms with van der Waals surface area (Å²) in [6, 6.07) is 0. The number of carbonyl (C=O) groups excluding carboxylic acids is 3. The van der Waals surface area contributed by atoms with Gasteiger partial charge in [0.05, 0.1) is 23.5 Å². The van der Waals surface area contributed by atoms with E-state index in [0.717, 1.165) is 0 Å². The van der Waals surface area contributed by atoms with E-state index in [1.807, 2.05) is 27.7 Å². The van der Waals surface area contributed by atoms with Gasteiger partial charge in [-0.1, -0.05) is 41.5 Å². The number of aliphatic carboxylic acids is 1. The van der Waals surface area contributed by atoms with E-state index in [4.69, 9.17) is 0 Å². The van der Waals surface area contributed by atoms with Gasteiger partial charge >= 0.3 is 5.97 Å². The number of hydrogen-bond acceptors (Lipinski definition) is 7. The lowest BCUT2D eigenvalue weighted by Gasteiger charge is -2.62. The highest BCUT2D eigenvalue weighted by Gasteiger charge is 2.73. The third-order valence-electron chi connectivity index (χ3n) is 11.7. The van der Waals surface area contributed by atoms with Crippen LogP contribution in [0.4, 0.5) is 0 Å². The highest BCUT2D eigenvalue weighted by Crippen LogP contribution is 2.70. The van der Waals surface area contributed by atoms with Crippen LogP contribution in [0.1, 0.15) is 87.0 Å². The number of hydrogen-bond donors (Lipinski definition) is 4. The largest absolute Gasteiger partial charge is 0.481 e. The molecule has 0 aromatic heterocycles. The molecule has 0 heterocycles. The molecule has 0 aliphatic heterocycles. The first-order valence-corrected chi connectivity index (χ1v) is 14.0. The summed E-state index contributed by atoms with van der Waals surface area (Å²) in [5, 5.41) is 43.3. The van der Waals surface area contributed by atoms with E-state index in [9.17, 15) is 39.6 Å². The Morgan fingerprint density at radius 3 is 2.18 bits per heavy atom. The van der Waals surface area contributed by atoms with Crippen LogP contribution >= 0.6 is 0 Å². The van der Waals surface area contributed by atoms with Gasteiger partial charge in [-0.3, -0.25) is 19.2 Å². The van der Waals surface area contributed by atoms with Crippen molar-refractivity contribution >= 4 is 23.3 Å². The Kier molecular flexibility index (Phi) is 6.94. The quantitative estimate of drug-likeness (QED) is 0.408. The fraction of sp³-hybridized carbons (Fsp3) is 0.800. The first kappa shape index (κ1) is 29.1. The summed E-state index contributed by atoms with van der Waals surface area (Å²) >= 11 is 0. The summed E-state index contributed by atoms with van der Waals surface area (Å²) in [5.41, 5.74) is -3.00. The molecule has 8 nitrogen and oxygen atoms in total. The molecule has 212 valence electrons. The number of aliphatic hydroxyl groups excluding tert-OH is 3. The van der Waals surface area contributed by atoms with Gasteiger partial charge in [0.2, 0.25) is 0 Å². The molecule has 0 saturated heterocycles. The number of carboxylic acids is 1. The second kappa shape index (κ2) is 9.07. The zero-order valence-electron chi connectivity index (χ0n) is 23.7. The van der Waals surface area contributed by atoms with Gasteiger partial charge in [-0.2, -0.15) is 0 Å². The average molecular weight is 533 g/mol. The summed E-state index contributed by atoms with van der Waals surface area (Å²) in [4.78, 5) is 52.0. The summed E-state index contributed by atoms with van der Waals surface area (Å²) in [5.74, 6) is -3.81. The number of Topliss-reactive ketones (excluding diaryl/α,β-unsaturated/α-hetero) is 3. The fourth-order valence-electron chi connectivity index (χ4n) is 9.13. The van der Waals surface area contributed by atoms with E-state index in [2.05, 4.69) is 0 Å². The van der Waals surface area contributed by atoms with Crippen molar-refractivity contribution in [1.82, 2.24) is 0 Å². The molecule has 4 rings (SSSR count). The zero-order valence-corrected chi connectivity index (χ0v) is 23.7. The number of ketones is 3. The van der Waals surface area contributed by atoms with E-state index < -0.39 is 63.6 Å². The lowest BCUT2D eigenvalue weighted by molar-refractivity contribution is -0.159. The van der Waals surface area contributed by atoms with Crippen LogP contribution in [0.3, 0.4) is 0 Å². The molecule has 4 aliphatic carbocycles. The van der Waals surface area contributed by atoms with Gasteiger partial charge in [0.1, 0.15) is 17.7 Å². The molecule has 0 aromatic rings. The van der Waals surface area contributed by atoms with E-state index in [1.54, 1.807) is 13.8 Å². The first-order valence-electron chi connectivity index (χ1n) is 14.0. The van der Waals surface area contributed by atoms with Crippen molar-refractivity contribution in [3.63, 3.8) is 0 Å². The van der Waals surface area contributed by atoms with Crippen LogP contribution in [-0.4, -0.2) is 62.1 Å². The Bertz CT molecular complexity index is 1110. The highest BCUT2D eigenvalue weighted by atomic mass is 16.4. The van der Waals surface area contributed by atoms with Crippen molar-refractivity contribution in [2.75, 3.05) is 0 Å². The number of carboxylic acid groups (broad SMARTS) is 1. The van der Waals surface area contributed by atoms with Gasteiger partial charge in [-0.05, 0) is 60.3 Å². The summed E-state index contributed by atoms with van der Waals surface area (Å²) in [7, 11) is 0. The van der Waals surface area contributed by atoms with Crippen LogP contribution in [0.2, 0.25) is 0 Å². The Morgan fingerprint density at radius 2 is 1.61 bits per heavy atom. The smallest absolute Gasteiger partial charge is 0.306 e. The predicted octanol–water partition coefficient (Wildman–Crippen LogP) is 3.10. The van der Waals surface area contributed by atoms with Crippen molar-refractivity contribution in [3.8, 4) is 0 Å². The molecule has 38 heavy (non-hydrogen) atoms. The molecule has 0 bridgehead atoms. The SMILES string of the molecule is C[C@H](CC(=O)C[C@H](C)[C@@H]1CC(=O)[C@]2(C)C3=C(C(=O)[C@H](O)[C@]12C)[C@]1(C)CC[C@H](O)C(C)(C)[C@H]1C[C@H]3O)C(=O)O. The lowest BCUT2D eigenvalue weighted by Crippen LogP contribution is -2.64. The number of fused-ring (bicyclic) bond motifs is 4. The maximum Gasteiger partial charge on any atom is 0.306 e. The number of carbonyl (C=O) groups is 4. The van der Waals surface area contributed by atoms with E-state index in [-0.39, 0.29) is 42.7 Å². The molecule has 2 saturated carbocycles. The zero-order chi connectivity index (χ0) is 28.7. The summed E-state index contributed by atoms with van der Waals surface area (Å²) in [6.45, 7) is 12.7. The van der Waals surface area contributed by atoms with Crippen molar-refractivity contribution in [2.24, 2.45) is 45.3 Å². The standard InChI is InChI=1S/C30H44O8/c1-14(10-16(31)11-15(2)26(37)38)17-12-21(34)30(7)22-18(32)13-19-27(3,4)20(33)8-9-28(19,5)23(22)24(35)25(36)29(17,30)6/h14-15,17-20,25,32-33,36H,8-13H2,1-7H3,(H,37,38)/t14-,15+,17-,18+,19+,20-,25-,28+,29-,30+/m0/s1. The predicted molar refractivity (Wildman–Crippen MR) is 139 cm³/mol. The highest BCUT2D eigenvalue weighted by molar-refractivity contribution is 6.07. The summed E-state index contributed by atoms with van der Waals surface area (Å²) in [6.07, 6.45) is -1.84. The van der Waals surface area contributed by atoms with Gasteiger partial charge in [-0.25, -0.2) is 0 Å². The first-order chi connectivity index (χ1) is 17.4. The molecule has 8 heteroatoms. The van der Waals surface area contributed by atoms with Crippen molar-refractivity contribution in [1.29, 1.82) is 0 Å². The third-order valence-corrected chi connectivity index (χ3v) is 11.7. The molecular weight excluding hydrogens is 488 g/mol. The fourth-order valence-corrected chi connectivity index (χ4v) is 9.13. The minimum atomic E-state index is -1.49. The Morgan fingerprint density at radius 1 is 1.00 bits per heavy atom. The molecule has 0 amide bonds. The van der Waals surface area contributed by atoms with Gasteiger partial charge in [0.25, 0.3) is 0 Å².